The number of hydrogen-bond donors (Lipinski definition) is 0. The van der Waals surface area contributed by atoms with Gasteiger partial charge in [0.2, 0.25) is 0 Å². The first-order chi connectivity index (χ1) is 13.0. The lowest BCUT2D eigenvalue weighted by Crippen LogP contribution is -2.38. The number of hydrogen-bond acceptors (Lipinski definition) is 6. The van der Waals surface area contributed by atoms with Gasteiger partial charge in [-0.15, -0.1) is 0 Å². The molecule has 0 saturated carbocycles. The number of piperidine rings is 1. The second-order valence-electron chi connectivity index (χ2n) is 6.52. The van der Waals surface area contributed by atoms with E-state index in [9.17, 15) is 13.2 Å². The van der Waals surface area contributed by atoms with E-state index in [0.717, 1.165) is 25.9 Å². The molecule has 0 atom stereocenters. The number of rotatable bonds is 7. The van der Waals surface area contributed by atoms with Gasteiger partial charge in [-0.1, -0.05) is 18.2 Å². The molecule has 1 aliphatic heterocycles. The minimum Gasteiger partial charge on any atom is -0.464 e. The molecule has 0 aliphatic carbocycles. The van der Waals surface area contributed by atoms with Gasteiger partial charge in [0, 0.05) is 31.9 Å². The van der Waals surface area contributed by atoms with E-state index in [1.807, 2.05) is 16.8 Å². The smallest absolute Gasteiger partial charge is 0.354 e. The van der Waals surface area contributed by atoms with Gasteiger partial charge >= 0.3 is 16.1 Å². The number of carbonyl (C=O) groups excluding carboxylic acids is 1. The predicted molar refractivity (Wildman–Crippen MR) is 101 cm³/mol. The van der Waals surface area contributed by atoms with Crippen LogP contribution in [-0.2, 0) is 14.9 Å². The topological polar surface area (TPSA) is 77.8 Å². The van der Waals surface area contributed by atoms with Crippen molar-refractivity contribution in [1.29, 1.82) is 0 Å². The van der Waals surface area contributed by atoms with Gasteiger partial charge in [-0.05, 0) is 37.1 Å². The highest BCUT2D eigenvalue weighted by Gasteiger charge is 2.25. The zero-order valence-electron chi connectivity index (χ0n) is 15.3. The van der Waals surface area contributed by atoms with Gasteiger partial charge in [-0.25, -0.2) is 4.79 Å². The third-order valence-corrected chi connectivity index (χ3v) is 5.88. The number of para-hydroxylation sites is 1. The maximum atomic E-state index is 12.1. The van der Waals surface area contributed by atoms with Crippen LogP contribution in [0.3, 0.4) is 0 Å². The van der Waals surface area contributed by atoms with E-state index < -0.39 is 10.1 Å². The number of ether oxygens (including phenoxy) is 1. The molecule has 146 valence electrons. The lowest BCUT2D eigenvalue weighted by atomic mass is 10.0. The van der Waals surface area contributed by atoms with Gasteiger partial charge < -0.3 is 18.4 Å². The summed E-state index contributed by atoms with van der Waals surface area (Å²) in [7, 11) is -2.24. The second-order valence-corrected chi connectivity index (χ2v) is 8.21. The Kier molecular flexibility index (Phi) is 6.18. The summed E-state index contributed by atoms with van der Waals surface area (Å²) in [6, 6.07) is 12.3. The SMILES string of the molecule is COC(=O)c1cccn1C1CCN(CCS(=O)(=O)Oc2ccccc2)CC1. The second kappa shape index (κ2) is 8.58. The van der Waals surface area contributed by atoms with Crippen molar-refractivity contribution in [3.63, 3.8) is 0 Å². The van der Waals surface area contributed by atoms with Crippen LogP contribution in [0.25, 0.3) is 0 Å². The van der Waals surface area contributed by atoms with Gasteiger partial charge in [0.05, 0.1) is 12.9 Å². The van der Waals surface area contributed by atoms with Crippen LogP contribution >= 0.6 is 0 Å². The highest BCUT2D eigenvalue weighted by Crippen LogP contribution is 2.25. The molecule has 0 radical (unpaired) electrons. The van der Waals surface area contributed by atoms with E-state index in [1.165, 1.54) is 7.11 Å². The fourth-order valence-corrected chi connectivity index (χ4v) is 4.29. The Balaban J connectivity index is 1.50. The summed E-state index contributed by atoms with van der Waals surface area (Å²) in [5.74, 6) is -0.0607. The average molecular weight is 392 g/mol. The molecule has 0 unspecified atom stereocenters. The fraction of sp³-hybridized carbons (Fsp3) is 0.421. The largest absolute Gasteiger partial charge is 0.464 e. The molecule has 1 aliphatic rings. The first-order valence-corrected chi connectivity index (χ1v) is 10.5. The van der Waals surface area contributed by atoms with Crippen molar-refractivity contribution in [3.8, 4) is 5.75 Å². The minimum absolute atomic E-state index is 0.0521. The predicted octanol–water partition coefficient (Wildman–Crippen LogP) is 2.32. The van der Waals surface area contributed by atoms with Crippen molar-refractivity contribution >= 4 is 16.1 Å². The Morgan fingerprint density at radius 2 is 1.81 bits per heavy atom. The lowest BCUT2D eigenvalue weighted by Gasteiger charge is -2.33. The highest BCUT2D eigenvalue weighted by atomic mass is 32.2. The van der Waals surface area contributed by atoms with E-state index in [1.54, 1.807) is 36.4 Å². The number of benzene rings is 1. The van der Waals surface area contributed by atoms with Gasteiger partial charge in [-0.2, -0.15) is 8.42 Å². The molecule has 0 bridgehead atoms. The number of esters is 1. The highest BCUT2D eigenvalue weighted by molar-refractivity contribution is 7.87. The van der Waals surface area contributed by atoms with E-state index >= 15 is 0 Å². The van der Waals surface area contributed by atoms with Crippen molar-refractivity contribution in [2.45, 2.75) is 18.9 Å². The Labute approximate surface area is 159 Å². The maximum Gasteiger partial charge on any atom is 0.354 e. The Morgan fingerprint density at radius 1 is 1.11 bits per heavy atom. The maximum absolute atomic E-state index is 12.1. The first kappa shape index (κ1) is 19.4. The van der Waals surface area contributed by atoms with Crippen LogP contribution in [0.15, 0.2) is 48.7 Å². The van der Waals surface area contributed by atoms with Gasteiger partial charge in [0.1, 0.15) is 11.4 Å². The van der Waals surface area contributed by atoms with E-state index in [4.69, 9.17) is 8.92 Å². The van der Waals surface area contributed by atoms with Crippen LogP contribution in [0.2, 0.25) is 0 Å². The van der Waals surface area contributed by atoms with Crippen molar-refractivity contribution < 1.29 is 22.1 Å². The molecule has 0 amide bonds. The Hall–Kier alpha value is -2.32. The molecule has 1 fully saturated rings. The van der Waals surface area contributed by atoms with Crippen molar-refractivity contribution in [2.75, 3.05) is 32.5 Å². The zero-order valence-corrected chi connectivity index (χ0v) is 16.1. The van der Waals surface area contributed by atoms with Gasteiger partial charge in [0.25, 0.3) is 0 Å². The van der Waals surface area contributed by atoms with Crippen LogP contribution in [0.5, 0.6) is 5.75 Å². The number of likely N-dealkylation sites (tertiary alicyclic amines) is 1. The summed E-state index contributed by atoms with van der Waals surface area (Å²) < 4.78 is 36.2. The molecule has 2 heterocycles. The molecule has 0 N–H and O–H groups in total. The van der Waals surface area contributed by atoms with Crippen molar-refractivity contribution in [2.24, 2.45) is 0 Å². The number of aromatic nitrogens is 1. The zero-order chi connectivity index (χ0) is 19.3. The summed E-state index contributed by atoms with van der Waals surface area (Å²) in [6.45, 7) is 1.96. The molecule has 0 spiro atoms. The van der Waals surface area contributed by atoms with E-state index in [-0.39, 0.29) is 17.8 Å². The molecule has 1 saturated heterocycles. The minimum atomic E-state index is -3.62. The molecule has 3 rings (SSSR count). The summed E-state index contributed by atoms with van der Waals surface area (Å²) in [5.41, 5.74) is 0.551. The van der Waals surface area contributed by atoms with Gasteiger partial charge in [0.15, 0.2) is 0 Å². The summed E-state index contributed by atoms with van der Waals surface area (Å²) in [6.07, 6.45) is 3.58. The number of nitrogens with zero attached hydrogens (tertiary/aromatic N) is 2. The summed E-state index contributed by atoms with van der Waals surface area (Å²) in [4.78, 5) is 13.9. The lowest BCUT2D eigenvalue weighted by molar-refractivity contribution is 0.0582. The third kappa shape index (κ3) is 5.11. The normalized spacial score (nSPS) is 16.2. The van der Waals surface area contributed by atoms with Crippen molar-refractivity contribution in [1.82, 2.24) is 9.47 Å². The van der Waals surface area contributed by atoms with Crippen LogP contribution < -0.4 is 4.18 Å². The number of methoxy groups -OCH3 is 1. The van der Waals surface area contributed by atoms with Crippen LogP contribution in [-0.4, -0.2) is 56.4 Å². The molecule has 7 nitrogen and oxygen atoms in total. The van der Waals surface area contributed by atoms with Crippen LogP contribution in [0.1, 0.15) is 29.4 Å². The molecule has 1 aromatic heterocycles. The van der Waals surface area contributed by atoms with Crippen LogP contribution in [0.4, 0.5) is 0 Å². The van der Waals surface area contributed by atoms with Crippen molar-refractivity contribution in [3.05, 3.63) is 54.4 Å². The molecule has 8 heteroatoms. The fourth-order valence-electron chi connectivity index (χ4n) is 3.32. The average Bonchev–Trinajstić information content (AvgIpc) is 3.16. The first-order valence-electron chi connectivity index (χ1n) is 8.93. The molecular weight excluding hydrogens is 368 g/mol. The molecule has 1 aromatic carbocycles. The Morgan fingerprint density at radius 3 is 2.48 bits per heavy atom. The van der Waals surface area contributed by atoms with Crippen LogP contribution in [0, 0.1) is 0 Å². The monoisotopic (exact) mass is 392 g/mol. The third-order valence-electron chi connectivity index (χ3n) is 4.75. The van der Waals surface area contributed by atoms with E-state index in [2.05, 4.69) is 4.90 Å². The molecule has 27 heavy (non-hydrogen) atoms. The standard InChI is InChI=1S/C19H24N2O5S/c1-25-19(22)18-8-5-11-21(18)16-9-12-20(13-10-16)14-15-27(23,24)26-17-6-3-2-4-7-17/h2-8,11,16H,9-10,12-15H2,1H3. The molecule has 2 aromatic rings. The Bertz CT molecular complexity index is 855. The molecular formula is C19H24N2O5S. The quantitative estimate of drug-likeness (QED) is 0.532. The number of carbonyl (C=O) groups is 1. The van der Waals surface area contributed by atoms with E-state index in [0.29, 0.717) is 18.0 Å². The summed E-state index contributed by atoms with van der Waals surface area (Å²) >= 11 is 0. The summed E-state index contributed by atoms with van der Waals surface area (Å²) in [5, 5.41) is 0. The van der Waals surface area contributed by atoms with Gasteiger partial charge in [-0.3, -0.25) is 0 Å².